The Morgan fingerprint density at radius 1 is 1.11 bits per heavy atom. The molecule has 0 fully saturated rings. The summed E-state index contributed by atoms with van der Waals surface area (Å²) in [6.07, 6.45) is 5.43. The van der Waals surface area contributed by atoms with Crippen LogP contribution in [0.25, 0.3) is 16.8 Å². The summed E-state index contributed by atoms with van der Waals surface area (Å²) < 4.78 is 19.7. The lowest BCUT2D eigenvalue weighted by Gasteiger charge is -2.15. The molecule has 0 aliphatic carbocycles. The molecule has 2 aromatic heterocycles. The quantitative estimate of drug-likeness (QED) is 0.560. The van der Waals surface area contributed by atoms with Gasteiger partial charge in [0.2, 0.25) is 0 Å². The Labute approximate surface area is 164 Å². The molecule has 0 saturated carbocycles. The lowest BCUT2D eigenvalue weighted by atomic mass is 10.1. The van der Waals surface area contributed by atoms with E-state index in [2.05, 4.69) is 5.10 Å². The number of aryl methyl sites for hydroxylation is 2. The van der Waals surface area contributed by atoms with Gasteiger partial charge in [-0.3, -0.25) is 14.0 Å². The molecule has 3 aromatic rings. The average Bonchev–Trinajstić information content (AvgIpc) is 3.09. The molecule has 0 unspecified atom stereocenters. The minimum absolute atomic E-state index is 0.174. The summed E-state index contributed by atoms with van der Waals surface area (Å²) in [6.45, 7) is 5.29. The van der Waals surface area contributed by atoms with Gasteiger partial charge in [-0.05, 0) is 37.6 Å². The van der Waals surface area contributed by atoms with Crippen molar-refractivity contribution in [2.24, 2.45) is 7.05 Å². The van der Waals surface area contributed by atoms with Crippen LogP contribution in [0.2, 0.25) is 0 Å². The summed E-state index contributed by atoms with van der Waals surface area (Å²) in [7, 11) is 3.46. The predicted molar refractivity (Wildman–Crippen MR) is 108 cm³/mol. The van der Waals surface area contributed by atoms with Crippen LogP contribution in [0.5, 0.6) is 11.5 Å². The van der Waals surface area contributed by atoms with Gasteiger partial charge < -0.3 is 14.2 Å². The van der Waals surface area contributed by atoms with Crippen molar-refractivity contribution in [1.29, 1.82) is 0 Å². The van der Waals surface area contributed by atoms with Crippen LogP contribution in [0.1, 0.15) is 12.5 Å². The summed E-state index contributed by atoms with van der Waals surface area (Å²) in [6, 6.07) is 7.19. The van der Waals surface area contributed by atoms with Gasteiger partial charge in [0, 0.05) is 43.7 Å². The summed E-state index contributed by atoms with van der Waals surface area (Å²) in [5, 5.41) is 4.24. The van der Waals surface area contributed by atoms with Crippen LogP contribution in [-0.2, 0) is 11.8 Å². The maximum absolute atomic E-state index is 12.8. The van der Waals surface area contributed by atoms with Gasteiger partial charge in [0.1, 0.15) is 18.1 Å². The molecule has 0 saturated heterocycles. The first-order valence-electron chi connectivity index (χ1n) is 9.14. The molecule has 0 bridgehead atoms. The molecule has 2 heterocycles. The van der Waals surface area contributed by atoms with Gasteiger partial charge in [-0.2, -0.15) is 5.10 Å². The molecular weight excluding hydrogens is 358 g/mol. The van der Waals surface area contributed by atoms with Crippen molar-refractivity contribution in [2.45, 2.75) is 13.8 Å². The molecule has 28 heavy (non-hydrogen) atoms. The molecule has 148 valence electrons. The molecule has 3 rings (SSSR count). The summed E-state index contributed by atoms with van der Waals surface area (Å²) in [5.41, 5.74) is 3.22. The second kappa shape index (κ2) is 8.75. The van der Waals surface area contributed by atoms with E-state index in [1.165, 1.54) is 6.07 Å². The van der Waals surface area contributed by atoms with E-state index in [0.29, 0.717) is 25.6 Å². The molecule has 0 N–H and O–H groups in total. The Balaban J connectivity index is 2.09. The van der Waals surface area contributed by atoms with E-state index in [1.807, 2.05) is 45.3 Å². The molecule has 1 aromatic carbocycles. The third-order valence-corrected chi connectivity index (χ3v) is 4.32. The molecular formula is C21H25N3O4. The number of pyridine rings is 1. The normalized spacial score (nSPS) is 10.9. The number of methoxy groups -OCH3 is 1. The first-order chi connectivity index (χ1) is 13.5. The fourth-order valence-electron chi connectivity index (χ4n) is 2.99. The SMILES string of the molecule is CCOc1ccc(-n2cc(-c3cnn(C)c3)c(OCCOC)cc2=O)c(C)c1. The van der Waals surface area contributed by atoms with Gasteiger partial charge >= 0.3 is 0 Å². The maximum atomic E-state index is 12.8. The minimum atomic E-state index is -0.174. The largest absolute Gasteiger partial charge is 0.494 e. The molecule has 7 nitrogen and oxygen atoms in total. The first-order valence-corrected chi connectivity index (χ1v) is 9.14. The van der Waals surface area contributed by atoms with Gasteiger partial charge in [-0.1, -0.05) is 0 Å². The van der Waals surface area contributed by atoms with E-state index in [4.69, 9.17) is 14.2 Å². The highest BCUT2D eigenvalue weighted by Crippen LogP contribution is 2.30. The lowest BCUT2D eigenvalue weighted by molar-refractivity contribution is 0.146. The highest BCUT2D eigenvalue weighted by Gasteiger charge is 2.14. The van der Waals surface area contributed by atoms with Gasteiger partial charge in [0.25, 0.3) is 5.56 Å². The zero-order valence-electron chi connectivity index (χ0n) is 16.6. The lowest BCUT2D eigenvalue weighted by Crippen LogP contribution is -2.19. The van der Waals surface area contributed by atoms with Crippen LogP contribution in [0.3, 0.4) is 0 Å². The van der Waals surface area contributed by atoms with E-state index in [1.54, 1.807) is 28.8 Å². The Morgan fingerprint density at radius 2 is 1.93 bits per heavy atom. The molecule has 0 aliphatic rings. The Kier molecular flexibility index (Phi) is 6.16. The van der Waals surface area contributed by atoms with Gasteiger partial charge in [-0.15, -0.1) is 0 Å². The molecule has 0 spiro atoms. The van der Waals surface area contributed by atoms with Crippen LogP contribution in [0.4, 0.5) is 0 Å². The topological polar surface area (TPSA) is 67.5 Å². The minimum Gasteiger partial charge on any atom is -0.494 e. The molecule has 0 aliphatic heterocycles. The van der Waals surface area contributed by atoms with Gasteiger partial charge in [0.15, 0.2) is 0 Å². The Bertz CT molecular complexity index is 1010. The van der Waals surface area contributed by atoms with E-state index in [9.17, 15) is 4.79 Å². The zero-order valence-corrected chi connectivity index (χ0v) is 16.6. The number of hydrogen-bond donors (Lipinski definition) is 0. The van der Waals surface area contributed by atoms with Crippen LogP contribution < -0.4 is 15.0 Å². The third kappa shape index (κ3) is 4.26. The summed E-state index contributed by atoms with van der Waals surface area (Å²) >= 11 is 0. The number of rotatable bonds is 8. The zero-order chi connectivity index (χ0) is 20.1. The fourth-order valence-corrected chi connectivity index (χ4v) is 2.99. The van der Waals surface area contributed by atoms with E-state index in [-0.39, 0.29) is 5.56 Å². The van der Waals surface area contributed by atoms with Crippen molar-refractivity contribution in [3.8, 4) is 28.3 Å². The number of benzene rings is 1. The van der Waals surface area contributed by atoms with Crippen molar-refractivity contribution in [2.75, 3.05) is 26.9 Å². The highest BCUT2D eigenvalue weighted by atomic mass is 16.5. The first kappa shape index (κ1) is 19.7. The smallest absolute Gasteiger partial charge is 0.258 e. The molecule has 0 amide bonds. The van der Waals surface area contributed by atoms with Crippen molar-refractivity contribution >= 4 is 0 Å². The van der Waals surface area contributed by atoms with Crippen LogP contribution in [-0.4, -0.2) is 41.3 Å². The summed E-state index contributed by atoms with van der Waals surface area (Å²) in [5.74, 6) is 1.29. The van der Waals surface area contributed by atoms with E-state index < -0.39 is 0 Å². The Morgan fingerprint density at radius 3 is 2.57 bits per heavy atom. The molecule has 0 atom stereocenters. The molecule has 7 heteroatoms. The number of hydrogen-bond acceptors (Lipinski definition) is 5. The Hall–Kier alpha value is -3.06. The van der Waals surface area contributed by atoms with Crippen molar-refractivity contribution in [3.05, 3.63) is 58.8 Å². The number of ether oxygens (including phenoxy) is 3. The average molecular weight is 383 g/mol. The van der Waals surface area contributed by atoms with Crippen LogP contribution in [0, 0.1) is 6.92 Å². The van der Waals surface area contributed by atoms with Gasteiger partial charge in [-0.25, -0.2) is 0 Å². The summed E-state index contributed by atoms with van der Waals surface area (Å²) in [4.78, 5) is 12.8. The maximum Gasteiger partial charge on any atom is 0.258 e. The third-order valence-electron chi connectivity index (χ3n) is 4.32. The second-order valence-electron chi connectivity index (χ2n) is 6.38. The van der Waals surface area contributed by atoms with Gasteiger partial charge in [0.05, 0.1) is 25.1 Å². The van der Waals surface area contributed by atoms with E-state index in [0.717, 1.165) is 28.1 Å². The van der Waals surface area contributed by atoms with E-state index >= 15 is 0 Å². The standard InChI is InChI=1S/C21H25N3O4/c1-5-27-17-6-7-19(15(2)10-17)24-14-18(16-12-22-23(3)13-16)20(11-21(24)25)28-9-8-26-4/h6-7,10-14H,5,8-9H2,1-4H3. The van der Waals surface area contributed by atoms with Crippen LogP contribution in [0.15, 0.2) is 47.7 Å². The van der Waals surface area contributed by atoms with Crippen molar-refractivity contribution in [1.82, 2.24) is 14.3 Å². The number of aromatic nitrogens is 3. The fraction of sp³-hybridized carbons (Fsp3) is 0.333. The van der Waals surface area contributed by atoms with Crippen LogP contribution >= 0.6 is 0 Å². The predicted octanol–water partition coefficient (Wildman–Crippen LogP) is 2.97. The molecule has 0 radical (unpaired) electrons. The highest BCUT2D eigenvalue weighted by molar-refractivity contribution is 5.69. The van der Waals surface area contributed by atoms with Crippen molar-refractivity contribution < 1.29 is 14.2 Å². The second-order valence-corrected chi connectivity index (χ2v) is 6.38. The number of nitrogens with zero attached hydrogens (tertiary/aromatic N) is 3. The monoisotopic (exact) mass is 383 g/mol. The van der Waals surface area contributed by atoms with Crippen molar-refractivity contribution in [3.63, 3.8) is 0 Å².